The molecule has 74 valence electrons. The van der Waals surface area contributed by atoms with Crippen LogP contribution in [0.3, 0.4) is 0 Å². The second-order valence-corrected chi connectivity index (χ2v) is 3.96. The Morgan fingerprint density at radius 3 is 2.79 bits per heavy atom. The van der Waals surface area contributed by atoms with Crippen LogP contribution in [0.25, 0.3) is 0 Å². The van der Waals surface area contributed by atoms with Crippen LogP contribution < -0.4 is 0 Å². The minimum Gasteiger partial charge on any atom is -0.299 e. The Hall–Kier alpha value is -1.18. The van der Waals surface area contributed by atoms with Gasteiger partial charge in [-0.25, -0.2) is 4.39 Å². The van der Waals surface area contributed by atoms with Crippen molar-refractivity contribution in [2.45, 2.75) is 25.7 Å². The second kappa shape index (κ2) is 3.52. The van der Waals surface area contributed by atoms with E-state index in [0.29, 0.717) is 12.2 Å². The molecular formula is C12H13FO. The Bertz CT molecular complexity index is 359. The number of benzene rings is 1. The molecule has 0 spiro atoms. The van der Waals surface area contributed by atoms with Crippen molar-refractivity contribution in [3.63, 3.8) is 0 Å². The minimum absolute atomic E-state index is 0.0526. The van der Waals surface area contributed by atoms with E-state index >= 15 is 0 Å². The lowest BCUT2D eigenvalue weighted by Gasteiger charge is -2.14. The Morgan fingerprint density at radius 2 is 2.21 bits per heavy atom. The average Bonchev–Trinajstić information content (AvgIpc) is 2.48. The summed E-state index contributed by atoms with van der Waals surface area (Å²) < 4.78 is 13.0. The Balaban J connectivity index is 2.28. The molecule has 2 rings (SSSR count). The molecule has 1 aliphatic carbocycles. The van der Waals surface area contributed by atoms with Crippen molar-refractivity contribution in [1.82, 2.24) is 0 Å². The van der Waals surface area contributed by atoms with Crippen LogP contribution in [0.4, 0.5) is 4.39 Å². The van der Waals surface area contributed by atoms with Gasteiger partial charge in [-0.15, -0.1) is 0 Å². The highest BCUT2D eigenvalue weighted by Crippen LogP contribution is 2.36. The summed E-state index contributed by atoms with van der Waals surface area (Å²) in [5.41, 5.74) is 0.961. The van der Waals surface area contributed by atoms with Crippen molar-refractivity contribution in [2.75, 3.05) is 0 Å². The predicted octanol–water partition coefficient (Wildman–Crippen LogP) is 2.91. The van der Waals surface area contributed by atoms with Gasteiger partial charge in [0.15, 0.2) is 0 Å². The quantitative estimate of drug-likeness (QED) is 0.668. The van der Waals surface area contributed by atoms with Gasteiger partial charge >= 0.3 is 0 Å². The molecule has 1 saturated carbocycles. The van der Waals surface area contributed by atoms with E-state index in [-0.39, 0.29) is 17.7 Å². The van der Waals surface area contributed by atoms with Crippen molar-refractivity contribution in [1.29, 1.82) is 0 Å². The first-order valence-corrected chi connectivity index (χ1v) is 4.96. The normalized spacial score (nSPS) is 26.9. The topological polar surface area (TPSA) is 17.1 Å². The Kier molecular flexibility index (Phi) is 2.36. The van der Waals surface area contributed by atoms with Gasteiger partial charge < -0.3 is 0 Å². The zero-order chi connectivity index (χ0) is 10.1. The molecule has 0 N–H and O–H groups in total. The molecule has 1 nitrogen and oxygen atoms in total. The maximum absolute atomic E-state index is 13.0. The van der Waals surface area contributed by atoms with Gasteiger partial charge in [-0.05, 0) is 30.0 Å². The summed E-state index contributed by atoms with van der Waals surface area (Å²) in [6.45, 7) is 1.94. The SMILES string of the molecule is CC1C(=O)CCC1c1cccc(F)c1. The highest BCUT2D eigenvalue weighted by Gasteiger charge is 2.31. The highest BCUT2D eigenvalue weighted by atomic mass is 19.1. The fraction of sp³-hybridized carbons (Fsp3) is 0.417. The van der Waals surface area contributed by atoms with Crippen LogP contribution in [0.2, 0.25) is 0 Å². The molecule has 2 heteroatoms. The lowest BCUT2D eigenvalue weighted by atomic mass is 9.90. The van der Waals surface area contributed by atoms with Crippen molar-refractivity contribution in [3.8, 4) is 0 Å². The van der Waals surface area contributed by atoms with Crippen LogP contribution in [0.1, 0.15) is 31.2 Å². The maximum atomic E-state index is 13.0. The summed E-state index contributed by atoms with van der Waals surface area (Å²) in [5, 5.41) is 0. The summed E-state index contributed by atoms with van der Waals surface area (Å²) in [6.07, 6.45) is 1.51. The molecule has 1 aromatic carbocycles. The smallest absolute Gasteiger partial charge is 0.136 e. The first-order valence-electron chi connectivity index (χ1n) is 4.96. The van der Waals surface area contributed by atoms with E-state index in [1.165, 1.54) is 6.07 Å². The van der Waals surface area contributed by atoms with E-state index in [9.17, 15) is 9.18 Å². The number of rotatable bonds is 1. The molecule has 2 unspecified atom stereocenters. The molecule has 14 heavy (non-hydrogen) atoms. The van der Waals surface area contributed by atoms with Gasteiger partial charge in [0, 0.05) is 12.3 Å². The molecule has 0 saturated heterocycles. The number of carbonyl (C=O) groups is 1. The fourth-order valence-corrected chi connectivity index (χ4v) is 2.19. The number of ketones is 1. The van der Waals surface area contributed by atoms with Crippen LogP contribution in [0.5, 0.6) is 0 Å². The van der Waals surface area contributed by atoms with Crippen LogP contribution in [0, 0.1) is 11.7 Å². The lowest BCUT2D eigenvalue weighted by molar-refractivity contribution is -0.120. The monoisotopic (exact) mass is 192 g/mol. The molecule has 2 atom stereocenters. The van der Waals surface area contributed by atoms with Crippen LogP contribution >= 0.6 is 0 Å². The lowest BCUT2D eigenvalue weighted by Crippen LogP contribution is -2.08. The highest BCUT2D eigenvalue weighted by molar-refractivity contribution is 5.84. The summed E-state index contributed by atoms with van der Waals surface area (Å²) in [5.74, 6) is 0.364. The summed E-state index contributed by atoms with van der Waals surface area (Å²) in [4.78, 5) is 11.3. The van der Waals surface area contributed by atoms with Crippen molar-refractivity contribution < 1.29 is 9.18 Å². The van der Waals surface area contributed by atoms with Crippen LogP contribution in [-0.4, -0.2) is 5.78 Å². The third kappa shape index (κ3) is 1.57. The van der Waals surface area contributed by atoms with E-state index < -0.39 is 0 Å². The summed E-state index contributed by atoms with van der Waals surface area (Å²) >= 11 is 0. The van der Waals surface area contributed by atoms with Crippen LogP contribution in [0.15, 0.2) is 24.3 Å². The summed E-state index contributed by atoms with van der Waals surface area (Å²) in [6, 6.07) is 6.59. The van der Waals surface area contributed by atoms with E-state index in [0.717, 1.165) is 12.0 Å². The first kappa shape index (κ1) is 9.38. The molecule has 0 aromatic heterocycles. The first-order chi connectivity index (χ1) is 6.68. The third-order valence-electron chi connectivity index (χ3n) is 3.09. The number of hydrogen-bond acceptors (Lipinski definition) is 1. The molecule has 0 aliphatic heterocycles. The molecule has 1 aliphatic rings. The van der Waals surface area contributed by atoms with Gasteiger partial charge in [0.2, 0.25) is 0 Å². The molecule has 0 bridgehead atoms. The maximum Gasteiger partial charge on any atom is 0.136 e. The number of Topliss-reactive ketones (excluding diaryl/α,β-unsaturated/α-hetero) is 1. The largest absolute Gasteiger partial charge is 0.299 e. The van der Waals surface area contributed by atoms with Gasteiger partial charge in [-0.3, -0.25) is 4.79 Å². The standard InChI is InChI=1S/C12H13FO/c1-8-11(5-6-12(8)14)9-3-2-4-10(13)7-9/h2-4,7-8,11H,5-6H2,1H3. The molecule has 0 heterocycles. The average molecular weight is 192 g/mol. The van der Waals surface area contributed by atoms with Gasteiger partial charge in [-0.2, -0.15) is 0 Å². The van der Waals surface area contributed by atoms with Crippen LogP contribution in [-0.2, 0) is 4.79 Å². The number of hydrogen-bond donors (Lipinski definition) is 0. The molecule has 0 radical (unpaired) electrons. The Labute approximate surface area is 82.9 Å². The van der Waals surface area contributed by atoms with Gasteiger partial charge in [-0.1, -0.05) is 19.1 Å². The molecular weight excluding hydrogens is 179 g/mol. The zero-order valence-electron chi connectivity index (χ0n) is 8.16. The van der Waals surface area contributed by atoms with E-state index in [4.69, 9.17) is 0 Å². The van der Waals surface area contributed by atoms with Crippen molar-refractivity contribution in [3.05, 3.63) is 35.6 Å². The predicted molar refractivity (Wildman–Crippen MR) is 52.5 cm³/mol. The van der Waals surface area contributed by atoms with Gasteiger partial charge in [0.1, 0.15) is 11.6 Å². The van der Waals surface area contributed by atoms with E-state index in [1.807, 2.05) is 13.0 Å². The number of halogens is 1. The zero-order valence-corrected chi connectivity index (χ0v) is 8.16. The third-order valence-corrected chi connectivity index (χ3v) is 3.09. The van der Waals surface area contributed by atoms with E-state index in [2.05, 4.69) is 0 Å². The van der Waals surface area contributed by atoms with Crippen molar-refractivity contribution in [2.24, 2.45) is 5.92 Å². The summed E-state index contributed by atoms with van der Waals surface area (Å²) in [7, 11) is 0. The Morgan fingerprint density at radius 1 is 1.43 bits per heavy atom. The number of carbonyl (C=O) groups excluding carboxylic acids is 1. The van der Waals surface area contributed by atoms with E-state index in [1.54, 1.807) is 12.1 Å². The second-order valence-electron chi connectivity index (χ2n) is 3.96. The fourth-order valence-electron chi connectivity index (χ4n) is 2.19. The molecule has 0 amide bonds. The van der Waals surface area contributed by atoms with Crippen molar-refractivity contribution >= 4 is 5.78 Å². The molecule has 1 fully saturated rings. The minimum atomic E-state index is -0.214. The van der Waals surface area contributed by atoms with Gasteiger partial charge in [0.25, 0.3) is 0 Å². The van der Waals surface area contributed by atoms with Gasteiger partial charge in [0.05, 0.1) is 0 Å². The molecule has 1 aromatic rings.